The summed E-state index contributed by atoms with van der Waals surface area (Å²) in [6.45, 7) is 8.87. The second-order valence-electron chi connectivity index (χ2n) is 9.41. The highest BCUT2D eigenvalue weighted by Crippen LogP contribution is 2.46. The number of carbonyl (C=O) groups excluding carboxylic acids is 2. The van der Waals surface area contributed by atoms with Gasteiger partial charge in [-0.3, -0.25) is 14.5 Å². The quantitative estimate of drug-likeness (QED) is 0.171. The first-order valence-corrected chi connectivity index (χ1v) is 13.8. The third-order valence-electron chi connectivity index (χ3n) is 6.56. The third kappa shape index (κ3) is 4.90. The summed E-state index contributed by atoms with van der Waals surface area (Å²) in [6, 6.07) is 11.5. The topological polar surface area (TPSA) is 102 Å². The van der Waals surface area contributed by atoms with Gasteiger partial charge in [-0.05, 0) is 74.2 Å². The number of thiazole rings is 1. The van der Waals surface area contributed by atoms with E-state index in [1.165, 1.54) is 28.6 Å². The summed E-state index contributed by atoms with van der Waals surface area (Å²) in [4.78, 5) is 33.3. The number of ketones is 1. The lowest BCUT2D eigenvalue weighted by Gasteiger charge is -2.25. The molecule has 0 spiro atoms. The first-order valence-electron chi connectivity index (χ1n) is 13.0. The monoisotopic (exact) mass is 546 g/mol. The number of aryl methyl sites for hydroxylation is 2. The smallest absolute Gasteiger partial charge is 0.296 e. The van der Waals surface area contributed by atoms with E-state index in [0.29, 0.717) is 35.4 Å². The van der Waals surface area contributed by atoms with E-state index < -0.39 is 23.5 Å². The van der Waals surface area contributed by atoms with Crippen molar-refractivity contribution < 1.29 is 28.6 Å². The minimum Gasteiger partial charge on any atom is -0.503 e. The van der Waals surface area contributed by atoms with Crippen LogP contribution in [0.25, 0.3) is 10.2 Å². The van der Waals surface area contributed by atoms with Gasteiger partial charge in [-0.15, -0.1) is 0 Å². The molecule has 2 aromatic carbocycles. The first-order chi connectivity index (χ1) is 18.8. The lowest BCUT2D eigenvalue weighted by molar-refractivity contribution is -0.117. The fraction of sp³-hybridized carbons (Fsp3) is 0.300. The molecule has 0 aliphatic carbocycles. The van der Waals surface area contributed by atoms with E-state index in [1.807, 2.05) is 32.9 Å². The van der Waals surface area contributed by atoms with Gasteiger partial charge in [0.25, 0.3) is 5.91 Å². The maximum atomic E-state index is 13.6. The van der Waals surface area contributed by atoms with Crippen LogP contribution in [0.4, 0.5) is 5.13 Å². The Balaban J connectivity index is 1.66. The third-order valence-corrected chi connectivity index (χ3v) is 7.56. The maximum Gasteiger partial charge on any atom is 0.296 e. The molecule has 2 aromatic heterocycles. The lowest BCUT2D eigenvalue weighted by Crippen LogP contribution is -2.31. The highest BCUT2D eigenvalue weighted by atomic mass is 32.1. The van der Waals surface area contributed by atoms with Gasteiger partial charge in [0.05, 0.1) is 41.3 Å². The van der Waals surface area contributed by atoms with Crippen molar-refractivity contribution in [1.82, 2.24) is 4.98 Å². The van der Waals surface area contributed by atoms with Gasteiger partial charge in [-0.1, -0.05) is 36.8 Å². The normalized spacial score (nSPS) is 15.4. The van der Waals surface area contributed by atoms with Gasteiger partial charge in [0.2, 0.25) is 5.78 Å². The summed E-state index contributed by atoms with van der Waals surface area (Å²) >= 11 is 1.34. The molecule has 1 aliphatic rings. The molecule has 202 valence electrons. The standard InChI is InChI=1S/C30H30N2O6S/c1-5-7-12-37-20-11-10-19(16-22(20)36-6-2)26-24(27(33)21-9-8-13-38-21)28(34)29(35)32(26)30-31-25-18(4)14-17(3)15-23(25)39-30/h8-11,13-16,26,34H,5-7,12H2,1-4H3. The number of Topliss-reactive ketones (excluding diaryl/α,β-unsaturated/α-hetero) is 1. The lowest BCUT2D eigenvalue weighted by atomic mass is 9.95. The van der Waals surface area contributed by atoms with Gasteiger partial charge < -0.3 is 19.0 Å². The van der Waals surface area contributed by atoms with Gasteiger partial charge in [0, 0.05) is 0 Å². The highest BCUT2D eigenvalue weighted by molar-refractivity contribution is 7.22. The second kappa shape index (κ2) is 10.9. The van der Waals surface area contributed by atoms with Crippen LogP contribution < -0.4 is 14.4 Å². The summed E-state index contributed by atoms with van der Waals surface area (Å²) < 4.78 is 18.1. The molecule has 1 unspecified atom stereocenters. The van der Waals surface area contributed by atoms with Gasteiger partial charge in [-0.2, -0.15) is 0 Å². The SMILES string of the molecule is CCCCOc1ccc(C2C(C(=O)c3ccco3)=C(O)C(=O)N2c2nc3c(C)cc(C)cc3s2)cc1OCC. The van der Waals surface area contributed by atoms with Gasteiger partial charge in [0.15, 0.2) is 28.1 Å². The Hall–Kier alpha value is -4.11. The second-order valence-corrected chi connectivity index (χ2v) is 10.4. The van der Waals surface area contributed by atoms with Crippen molar-refractivity contribution in [3.05, 3.63) is 82.5 Å². The van der Waals surface area contributed by atoms with E-state index in [0.717, 1.165) is 34.2 Å². The largest absolute Gasteiger partial charge is 0.503 e. The Morgan fingerprint density at radius 1 is 1.13 bits per heavy atom. The molecule has 8 nitrogen and oxygen atoms in total. The van der Waals surface area contributed by atoms with Crippen molar-refractivity contribution in [2.24, 2.45) is 0 Å². The summed E-state index contributed by atoms with van der Waals surface area (Å²) in [5.74, 6) is -0.822. The van der Waals surface area contributed by atoms with Crippen molar-refractivity contribution in [1.29, 1.82) is 0 Å². The minimum absolute atomic E-state index is 0.0246. The fourth-order valence-corrected chi connectivity index (χ4v) is 5.93. The number of carbonyl (C=O) groups is 2. The number of benzene rings is 2. The van der Waals surface area contributed by atoms with Crippen molar-refractivity contribution in [3.8, 4) is 11.5 Å². The predicted molar refractivity (Wildman–Crippen MR) is 150 cm³/mol. The van der Waals surface area contributed by atoms with Crippen LogP contribution in [0.1, 0.15) is 60.0 Å². The number of aliphatic hydroxyl groups is 1. The van der Waals surface area contributed by atoms with Crippen LogP contribution in [0.3, 0.4) is 0 Å². The maximum absolute atomic E-state index is 13.6. The van der Waals surface area contributed by atoms with E-state index in [9.17, 15) is 14.7 Å². The molecule has 9 heteroatoms. The molecule has 0 saturated heterocycles. The van der Waals surface area contributed by atoms with Crippen LogP contribution >= 0.6 is 11.3 Å². The number of hydrogen-bond donors (Lipinski definition) is 1. The zero-order chi connectivity index (χ0) is 27.7. The Morgan fingerprint density at radius 2 is 1.95 bits per heavy atom. The van der Waals surface area contributed by atoms with E-state index >= 15 is 0 Å². The number of fused-ring (bicyclic) bond motifs is 1. The molecule has 39 heavy (non-hydrogen) atoms. The van der Waals surface area contributed by atoms with E-state index in [-0.39, 0.29) is 11.3 Å². The number of aromatic nitrogens is 1. The number of unbranched alkanes of at least 4 members (excludes halogenated alkanes) is 1. The summed E-state index contributed by atoms with van der Waals surface area (Å²) in [5, 5.41) is 11.5. The van der Waals surface area contributed by atoms with E-state index in [4.69, 9.17) is 18.9 Å². The average molecular weight is 547 g/mol. The number of nitrogens with zero attached hydrogens (tertiary/aromatic N) is 2. The number of anilines is 1. The van der Waals surface area contributed by atoms with E-state index in [1.54, 1.807) is 24.3 Å². The predicted octanol–water partition coefficient (Wildman–Crippen LogP) is 6.87. The Kier molecular flexibility index (Phi) is 7.43. The van der Waals surface area contributed by atoms with Crippen LogP contribution in [0.2, 0.25) is 0 Å². The zero-order valence-corrected chi connectivity index (χ0v) is 23.1. The fourth-order valence-electron chi connectivity index (χ4n) is 4.76. The number of furan rings is 1. The van der Waals surface area contributed by atoms with Gasteiger partial charge >= 0.3 is 0 Å². The average Bonchev–Trinajstić information content (AvgIpc) is 3.64. The van der Waals surface area contributed by atoms with Crippen molar-refractivity contribution in [2.45, 2.75) is 46.6 Å². The molecule has 0 saturated carbocycles. The number of aliphatic hydroxyl groups excluding tert-OH is 1. The number of amides is 1. The number of rotatable bonds is 10. The zero-order valence-electron chi connectivity index (χ0n) is 22.3. The van der Waals surface area contributed by atoms with Gasteiger partial charge in [-0.25, -0.2) is 4.98 Å². The molecule has 0 radical (unpaired) electrons. The summed E-state index contributed by atoms with van der Waals surface area (Å²) in [6.07, 6.45) is 3.26. The molecule has 1 aliphatic heterocycles. The van der Waals surface area contributed by atoms with Crippen molar-refractivity contribution in [3.63, 3.8) is 0 Å². The molecule has 0 bridgehead atoms. The van der Waals surface area contributed by atoms with E-state index in [2.05, 4.69) is 6.92 Å². The van der Waals surface area contributed by atoms with Crippen LogP contribution in [0.5, 0.6) is 11.5 Å². The molecule has 0 fully saturated rings. The van der Waals surface area contributed by atoms with Crippen molar-refractivity contribution in [2.75, 3.05) is 18.1 Å². The minimum atomic E-state index is -0.957. The number of ether oxygens (including phenoxy) is 2. The first kappa shape index (κ1) is 26.5. The van der Waals surface area contributed by atoms with Crippen LogP contribution in [0.15, 0.2) is 64.5 Å². The van der Waals surface area contributed by atoms with Crippen molar-refractivity contribution >= 4 is 38.4 Å². The summed E-state index contributed by atoms with van der Waals surface area (Å²) in [7, 11) is 0. The molecule has 1 amide bonds. The molecule has 4 aromatic rings. The van der Waals surface area contributed by atoms with Crippen LogP contribution in [-0.2, 0) is 4.79 Å². The number of hydrogen-bond acceptors (Lipinski definition) is 8. The van der Waals surface area contributed by atoms with Crippen LogP contribution in [0, 0.1) is 13.8 Å². The Bertz CT molecular complexity index is 1570. The Morgan fingerprint density at radius 3 is 2.67 bits per heavy atom. The summed E-state index contributed by atoms with van der Waals surface area (Å²) in [5.41, 5.74) is 3.32. The molecule has 5 rings (SSSR count). The molecular weight excluding hydrogens is 516 g/mol. The highest BCUT2D eigenvalue weighted by Gasteiger charge is 2.46. The van der Waals surface area contributed by atoms with Crippen LogP contribution in [-0.4, -0.2) is 35.0 Å². The molecule has 1 N–H and O–H groups in total. The molecule has 1 atom stereocenters. The molecule has 3 heterocycles. The Labute approximate surface area is 230 Å². The molecular formula is C30H30N2O6S. The van der Waals surface area contributed by atoms with Gasteiger partial charge in [0.1, 0.15) is 0 Å².